The van der Waals surface area contributed by atoms with Crippen molar-refractivity contribution in [2.75, 3.05) is 6.61 Å². The van der Waals surface area contributed by atoms with Gasteiger partial charge in [-0.3, -0.25) is 18.6 Å². The van der Waals surface area contributed by atoms with Gasteiger partial charge in [-0.1, -0.05) is 34.1 Å². The molecule has 3 heterocycles. The Morgan fingerprint density at radius 1 is 1.21 bits per heavy atom. The van der Waals surface area contributed by atoms with Gasteiger partial charge in [0, 0.05) is 35.0 Å². The van der Waals surface area contributed by atoms with Crippen LogP contribution in [0.1, 0.15) is 33.3 Å². The number of rotatable bonds is 7. The van der Waals surface area contributed by atoms with E-state index in [1.54, 1.807) is 19.2 Å². The number of amides is 1. The van der Waals surface area contributed by atoms with Crippen LogP contribution in [0.4, 0.5) is 0 Å². The van der Waals surface area contributed by atoms with Crippen LogP contribution in [-0.4, -0.2) is 26.5 Å². The predicted molar refractivity (Wildman–Crippen MR) is 130 cm³/mol. The number of pyridine rings is 1. The highest BCUT2D eigenvalue weighted by Gasteiger charge is 2.18. The molecule has 10 heteroatoms. The van der Waals surface area contributed by atoms with Gasteiger partial charge in [-0.25, -0.2) is 9.78 Å². The van der Waals surface area contributed by atoms with E-state index in [-0.39, 0.29) is 24.6 Å². The molecular weight excluding hydrogens is 508 g/mol. The van der Waals surface area contributed by atoms with Crippen LogP contribution in [0.3, 0.4) is 0 Å². The lowest BCUT2D eigenvalue weighted by Gasteiger charge is -2.08. The Morgan fingerprint density at radius 2 is 2.03 bits per heavy atom. The quantitative estimate of drug-likeness (QED) is 0.396. The molecule has 0 atom stereocenters. The number of benzene rings is 1. The molecule has 4 rings (SSSR count). The lowest BCUT2D eigenvalue weighted by Crippen LogP contribution is -2.38. The smallest absolute Gasteiger partial charge is 0.336 e. The van der Waals surface area contributed by atoms with E-state index < -0.39 is 5.69 Å². The Morgan fingerprint density at radius 3 is 2.73 bits per heavy atom. The molecule has 0 aliphatic heterocycles. The fourth-order valence-electron chi connectivity index (χ4n) is 3.35. The molecular formula is C23H21BrN4O4S. The second kappa shape index (κ2) is 9.72. The largest absolute Gasteiger partial charge is 0.478 e. The molecule has 3 aromatic heterocycles. The fourth-order valence-corrected chi connectivity index (χ4v) is 4.79. The standard InChI is InChI=1S/C23H21BrN4O4S/c1-3-32-19-8-7-16(10-25-19)11-26-20(29)18-13-28-22(33-18)14(2)21(30)27(23(28)31)12-15-5-4-6-17(24)9-15/h4-10,13H,3,11-12H2,1-2H3,(H,26,29). The Labute approximate surface area is 201 Å². The van der Waals surface area contributed by atoms with Crippen LogP contribution in [0.25, 0.3) is 4.83 Å². The van der Waals surface area contributed by atoms with E-state index in [0.717, 1.165) is 26.9 Å². The molecule has 0 aliphatic rings. The van der Waals surface area contributed by atoms with Gasteiger partial charge < -0.3 is 10.1 Å². The fraction of sp³-hybridized carbons (Fsp3) is 0.217. The van der Waals surface area contributed by atoms with Gasteiger partial charge in [0.05, 0.1) is 13.2 Å². The van der Waals surface area contributed by atoms with Gasteiger partial charge in [0.15, 0.2) is 0 Å². The van der Waals surface area contributed by atoms with Crippen LogP contribution in [0.15, 0.2) is 62.9 Å². The summed E-state index contributed by atoms with van der Waals surface area (Å²) < 4.78 is 8.73. The van der Waals surface area contributed by atoms with E-state index in [0.29, 0.717) is 27.8 Å². The van der Waals surface area contributed by atoms with Gasteiger partial charge in [0.25, 0.3) is 11.5 Å². The summed E-state index contributed by atoms with van der Waals surface area (Å²) in [7, 11) is 0. The third-order valence-corrected chi connectivity index (χ3v) is 6.69. The molecule has 0 fully saturated rings. The number of hydrogen-bond acceptors (Lipinski definition) is 6. The molecule has 4 aromatic rings. The van der Waals surface area contributed by atoms with Crippen LogP contribution in [0, 0.1) is 6.92 Å². The molecule has 170 valence electrons. The van der Waals surface area contributed by atoms with Crippen molar-refractivity contribution in [1.82, 2.24) is 19.3 Å². The molecule has 1 N–H and O–H groups in total. The molecule has 1 aromatic carbocycles. The summed E-state index contributed by atoms with van der Waals surface area (Å²) >= 11 is 4.52. The summed E-state index contributed by atoms with van der Waals surface area (Å²) in [5, 5.41) is 2.83. The first kappa shape index (κ1) is 22.9. The Balaban J connectivity index is 1.58. The molecule has 8 nitrogen and oxygen atoms in total. The maximum atomic E-state index is 13.1. The van der Waals surface area contributed by atoms with Crippen LogP contribution in [-0.2, 0) is 13.1 Å². The number of ether oxygens (including phenoxy) is 1. The zero-order chi connectivity index (χ0) is 23.5. The molecule has 0 saturated carbocycles. The number of hydrogen-bond donors (Lipinski definition) is 1. The number of carbonyl (C=O) groups excluding carboxylic acids is 1. The first-order chi connectivity index (χ1) is 15.9. The van der Waals surface area contributed by atoms with E-state index in [1.807, 2.05) is 37.3 Å². The molecule has 0 aliphatic carbocycles. The summed E-state index contributed by atoms with van der Waals surface area (Å²) in [4.78, 5) is 43.7. The first-order valence-electron chi connectivity index (χ1n) is 10.2. The molecule has 0 bridgehead atoms. The SMILES string of the molecule is CCOc1ccc(CNC(=O)c2cn3c(=O)n(Cc4cccc(Br)c4)c(=O)c(C)c3s2)cn1. The van der Waals surface area contributed by atoms with E-state index in [9.17, 15) is 14.4 Å². The number of halogens is 1. The number of nitrogens with one attached hydrogen (secondary N) is 1. The van der Waals surface area contributed by atoms with Crippen molar-refractivity contribution >= 4 is 38.0 Å². The van der Waals surface area contributed by atoms with Crippen LogP contribution in [0.5, 0.6) is 5.88 Å². The van der Waals surface area contributed by atoms with E-state index >= 15 is 0 Å². The Bertz CT molecular complexity index is 1440. The van der Waals surface area contributed by atoms with Crippen LogP contribution >= 0.6 is 27.3 Å². The number of aryl methyl sites for hydroxylation is 1. The summed E-state index contributed by atoms with van der Waals surface area (Å²) in [5.41, 5.74) is 1.21. The highest BCUT2D eigenvalue weighted by Crippen LogP contribution is 2.19. The second-order valence-corrected chi connectivity index (χ2v) is 9.27. The average molecular weight is 529 g/mol. The zero-order valence-electron chi connectivity index (χ0n) is 18.0. The van der Waals surface area contributed by atoms with Crippen molar-refractivity contribution in [3.8, 4) is 5.88 Å². The monoisotopic (exact) mass is 528 g/mol. The lowest BCUT2D eigenvalue weighted by atomic mass is 10.2. The summed E-state index contributed by atoms with van der Waals surface area (Å²) in [6.07, 6.45) is 3.12. The van der Waals surface area contributed by atoms with Crippen molar-refractivity contribution in [2.24, 2.45) is 0 Å². The van der Waals surface area contributed by atoms with Crippen molar-refractivity contribution < 1.29 is 9.53 Å². The molecule has 0 unspecified atom stereocenters. The Hall–Kier alpha value is -3.24. The average Bonchev–Trinajstić information content (AvgIpc) is 3.26. The van der Waals surface area contributed by atoms with Crippen molar-refractivity contribution in [3.63, 3.8) is 0 Å². The highest BCUT2D eigenvalue weighted by molar-refractivity contribution is 9.10. The summed E-state index contributed by atoms with van der Waals surface area (Å²) in [5.74, 6) is 0.193. The molecule has 0 radical (unpaired) electrons. The molecule has 0 saturated heterocycles. The first-order valence-corrected chi connectivity index (χ1v) is 11.8. The van der Waals surface area contributed by atoms with Gasteiger partial charge in [0.2, 0.25) is 5.88 Å². The van der Waals surface area contributed by atoms with Crippen molar-refractivity contribution in [2.45, 2.75) is 26.9 Å². The maximum absolute atomic E-state index is 13.1. The minimum Gasteiger partial charge on any atom is -0.478 e. The minimum atomic E-state index is -0.480. The third-order valence-electron chi connectivity index (χ3n) is 4.99. The second-order valence-electron chi connectivity index (χ2n) is 7.32. The van der Waals surface area contributed by atoms with E-state index in [2.05, 4.69) is 26.2 Å². The molecule has 0 spiro atoms. The summed E-state index contributed by atoms with van der Waals surface area (Å²) in [6.45, 7) is 4.49. The van der Waals surface area contributed by atoms with Crippen LogP contribution < -0.4 is 21.3 Å². The number of carbonyl (C=O) groups is 1. The number of aromatic nitrogens is 3. The van der Waals surface area contributed by atoms with Gasteiger partial charge in [-0.2, -0.15) is 0 Å². The van der Waals surface area contributed by atoms with Gasteiger partial charge in [-0.15, -0.1) is 11.3 Å². The molecule has 33 heavy (non-hydrogen) atoms. The normalized spacial score (nSPS) is 11.0. The van der Waals surface area contributed by atoms with Gasteiger partial charge in [-0.05, 0) is 37.1 Å². The van der Waals surface area contributed by atoms with E-state index in [4.69, 9.17) is 4.74 Å². The van der Waals surface area contributed by atoms with Crippen LogP contribution in [0.2, 0.25) is 0 Å². The predicted octanol–water partition coefficient (Wildman–Crippen LogP) is 3.37. The maximum Gasteiger partial charge on any atom is 0.336 e. The Kier molecular flexibility index (Phi) is 6.75. The zero-order valence-corrected chi connectivity index (χ0v) is 20.4. The van der Waals surface area contributed by atoms with Crippen molar-refractivity contribution in [3.05, 3.63) is 95.7 Å². The minimum absolute atomic E-state index is 0.142. The lowest BCUT2D eigenvalue weighted by molar-refractivity contribution is 0.0954. The van der Waals surface area contributed by atoms with Crippen molar-refractivity contribution in [1.29, 1.82) is 0 Å². The van der Waals surface area contributed by atoms with Gasteiger partial charge in [0.1, 0.15) is 9.71 Å². The number of nitrogens with zero attached hydrogens (tertiary/aromatic N) is 3. The van der Waals surface area contributed by atoms with Gasteiger partial charge >= 0.3 is 5.69 Å². The molecule has 1 amide bonds. The van der Waals surface area contributed by atoms with E-state index in [1.165, 1.54) is 15.2 Å². The number of thiazole rings is 1. The summed E-state index contributed by atoms with van der Waals surface area (Å²) in [6, 6.07) is 11.0. The highest BCUT2D eigenvalue weighted by atomic mass is 79.9. The number of fused-ring (bicyclic) bond motifs is 1. The topological polar surface area (TPSA) is 94.7 Å². The third kappa shape index (κ3) is 4.91.